The van der Waals surface area contributed by atoms with Crippen LogP contribution in [0.2, 0.25) is 0 Å². The molecule has 0 aliphatic carbocycles. The van der Waals surface area contributed by atoms with Gasteiger partial charge < -0.3 is 15.8 Å². The van der Waals surface area contributed by atoms with Crippen molar-refractivity contribution in [1.82, 2.24) is 4.98 Å². The van der Waals surface area contributed by atoms with Gasteiger partial charge >= 0.3 is 6.09 Å². The predicted octanol–water partition coefficient (Wildman–Crippen LogP) is 1.76. The molecule has 1 saturated heterocycles. The van der Waals surface area contributed by atoms with Crippen molar-refractivity contribution >= 4 is 23.4 Å². The number of carbonyl (C=O) groups excluding carboxylic acids is 2. The molecule has 3 rings (SSSR count). The molecule has 8 heteroatoms. The fourth-order valence-corrected chi connectivity index (χ4v) is 2.32. The van der Waals surface area contributed by atoms with E-state index in [4.69, 9.17) is 10.5 Å². The lowest BCUT2D eigenvalue weighted by atomic mass is 10.2. The van der Waals surface area contributed by atoms with E-state index in [1.807, 2.05) is 0 Å². The number of carbonyl (C=O) groups is 2. The molecule has 1 aliphatic rings. The van der Waals surface area contributed by atoms with Gasteiger partial charge in [-0.05, 0) is 30.3 Å². The Morgan fingerprint density at radius 3 is 2.92 bits per heavy atom. The van der Waals surface area contributed by atoms with Gasteiger partial charge in [-0.3, -0.25) is 14.7 Å². The zero-order valence-corrected chi connectivity index (χ0v) is 12.6. The van der Waals surface area contributed by atoms with Gasteiger partial charge in [-0.15, -0.1) is 0 Å². The number of nitrogens with two attached hydrogens (primary N) is 1. The molecule has 0 spiro atoms. The first-order valence-corrected chi connectivity index (χ1v) is 7.27. The number of rotatable bonds is 4. The Labute approximate surface area is 137 Å². The Hall–Kier alpha value is -3.00. The zero-order valence-electron chi connectivity index (χ0n) is 12.6. The lowest BCUT2D eigenvalue weighted by Crippen LogP contribution is -2.27. The second kappa shape index (κ2) is 6.63. The number of benzene rings is 1. The molecule has 2 amide bonds. The van der Waals surface area contributed by atoms with Crippen LogP contribution >= 0.6 is 0 Å². The molecule has 1 atom stereocenters. The van der Waals surface area contributed by atoms with Crippen LogP contribution in [0.4, 0.5) is 20.6 Å². The summed E-state index contributed by atoms with van der Waals surface area (Å²) in [5.41, 5.74) is 6.13. The maximum Gasteiger partial charge on any atom is 0.414 e. The van der Waals surface area contributed by atoms with Gasteiger partial charge in [0.2, 0.25) is 0 Å². The van der Waals surface area contributed by atoms with Crippen LogP contribution in [0.3, 0.4) is 0 Å². The van der Waals surface area contributed by atoms with E-state index in [2.05, 4.69) is 10.3 Å². The number of ether oxygens (including phenoxy) is 1. The predicted molar refractivity (Wildman–Crippen MR) is 85.3 cm³/mol. The van der Waals surface area contributed by atoms with Crippen molar-refractivity contribution in [1.29, 1.82) is 0 Å². The summed E-state index contributed by atoms with van der Waals surface area (Å²) in [7, 11) is 0. The van der Waals surface area contributed by atoms with Gasteiger partial charge in [0.1, 0.15) is 11.9 Å². The van der Waals surface area contributed by atoms with E-state index in [0.717, 1.165) is 0 Å². The van der Waals surface area contributed by atoms with Crippen LogP contribution in [-0.2, 0) is 4.74 Å². The minimum absolute atomic E-state index is 0.00976. The second-order valence-corrected chi connectivity index (χ2v) is 5.21. The number of halogens is 1. The number of pyridine rings is 1. The summed E-state index contributed by atoms with van der Waals surface area (Å²) in [5.74, 6) is -1.13. The molecule has 3 N–H and O–H groups in total. The maximum atomic E-state index is 14.3. The number of anilines is 2. The lowest BCUT2D eigenvalue weighted by Gasteiger charge is -2.14. The summed E-state index contributed by atoms with van der Waals surface area (Å²) in [6.45, 7) is 0.458. The number of cyclic esters (lactones) is 1. The van der Waals surface area contributed by atoms with Crippen molar-refractivity contribution in [3.05, 3.63) is 54.1 Å². The van der Waals surface area contributed by atoms with E-state index in [9.17, 15) is 14.0 Å². The standard InChI is InChI=1S/C16H15FN4O3/c17-13-6-11(21-9-12(7-18)24-16(21)23)3-4-14(13)20-15(22)10-2-1-5-19-8-10/h1-6,8,12H,7,9,18H2,(H,20,22)/t12-/m0/s1. The molecule has 1 aromatic carbocycles. The largest absolute Gasteiger partial charge is 0.443 e. The van der Waals surface area contributed by atoms with Gasteiger partial charge in [-0.1, -0.05) is 0 Å². The number of aromatic nitrogens is 1. The molecule has 2 heterocycles. The molecule has 0 bridgehead atoms. The highest BCUT2D eigenvalue weighted by Crippen LogP contribution is 2.26. The van der Waals surface area contributed by atoms with Crippen molar-refractivity contribution in [2.45, 2.75) is 6.10 Å². The molecular weight excluding hydrogens is 315 g/mol. The molecule has 1 aromatic heterocycles. The molecule has 0 radical (unpaired) electrons. The smallest absolute Gasteiger partial charge is 0.414 e. The van der Waals surface area contributed by atoms with E-state index in [1.165, 1.54) is 35.5 Å². The first kappa shape index (κ1) is 15.9. The Bertz CT molecular complexity index is 769. The van der Waals surface area contributed by atoms with Crippen molar-refractivity contribution in [2.24, 2.45) is 5.73 Å². The topological polar surface area (TPSA) is 97.5 Å². The molecular formula is C16H15FN4O3. The minimum Gasteiger partial charge on any atom is -0.443 e. The first-order chi connectivity index (χ1) is 11.6. The average Bonchev–Trinajstić information content (AvgIpc) is 2.98. The summed E-state index contributed by atoms with van der Waals surface area (Å²) in [6.07, 6.45) is 1.94. The SMILES string of the molecule is NC[C@H]1CN(c2ccc(NC(=O)c3cccnc3)c(F)c2)C(=O)O1. The van der Waals surface area contributed by atoms with Gasteiger partial charge in [0, 0.05) is 18.9 Å². The average molecular weight is 330 g/mol. The highest BCUT2D eigenvalue weighted by atomic mass is 19.1. The highest BCUT2D eigenvalue weighted by Gasteiger charge is 2.31. The molecule has 0 unspecified atom stereocenters. The molecule has 7 nitrogen and oxygen atoms in total. The third kappa shape index (κ3) is 3.18. The van der Waals surface area contributed by atoms with Crippen molar-refractivity contribution in [3.63, 3.8) is 0 Å². The fourth-order valence-electron chi connectivity index (χ4n) is 2.32. The summed E-state index contributed by atoms with van der Waals surface area (Å²) in [4.78, 5) is 28.9. The number of nitrogens with one attached hydrogen (secondary N) is 1. The Morgan fingerprint density at radius 2 is 2.29 bits per heavy atom. The number of amides is 2. The van der Waals surface area contributed by atoms with E-state index in [1.54, 1.807) is 12.1 Å². The van der Waals surface area contributed by atoms with Crippen molar-refractivity contribution < 1.29 is 18.7 Å². The third-order valence-electron chi connectivity index (χ3n) is 3.57. The monoisotopic (exact) mass is 330 g/mol. The van der Waals surface area contributed by atoms with Crippen LogP contribution < -0.4 is 16.0 Å². The Morgan fingerprint density at radius 1 is 1.46 bits per heavy atom. The van der Waals surface area contributed by atoms with Gasteiger partial charge in [0.05, 0.1) is 23.5 Å². The normalized spacial score (nSPS) is 16.8. The second-order valence-electron chi connectivity index (χ2n) is 5.21. The van der Waals surface area contributed by atoms with Gasteiger partial charge in [-0.2, -0.15) is 0 Å². The zero-order chi connectivity index (χ0) is 17.1. The highest BCUT2D eigenvalue weighted by molar-refractivity contribution is 6.04. The van der Waals surface area contributed by atoms with Crippen LogP contribution in [0.5, 0.6) is 0 Å². The summed E-state index contributed by atoms with van der Waals surface area (Å²) in [6, 6.07) is 7.27. The first-order valence-electron chi connectivity index (χ1n) is 7.27. The third-order valence-corrected chi connectivity index (χ3v) is 3.57. The number of hydrogen-bond donors (Lipinski definition) is 2. The summed E-state index contributed by atoms with van der Waals surface area (Å²) in [5, 5.41) is 2.47. The van der Waals surface area contributed by atoms with E-state index < -0.39 is 23.9 Å². The fraction of sp³-hybridized carbons (Fsp3) is 0.188. The van der Waals surface area contributed by atoms with Gasteiger partial charge in [0.25, 0.3) is 5.91 Å². The molecule has 124 valence electrons. The van der Waals surface area contributed by atoms with Crippen LogP contribution in [0.25, 0.3) is 0 Å². The van der Waals surface area contributed by atoms with Crippen LogP contribution in [0.15, 0.2) is 42.7 Å². The van der Waals surface area contributed by atoms with Gasteiger partial charge in [-0.25, -0.2) is 9.18 Å². The molecule has 0 saturated carbocycles. The Balaban J connectivity index is 1.76. The summed E-state index contributed by atoms with van der Waals surface area (Å²) < 4.78 is 19.3. The quantitative estimate of drug-likeness (QED) is 0.890. The van der Waals surface area contributed by atoms with Crippen LogP contribution in [0, 0.1) is 5.82 Å². The van der Waals surface area contributed by atoms with Crippen LogP contribution in [-0.4, -0.2) is 36.2 Å². The van der Waals surface area contributed by atoms with Crippen molar-refractivity contribution in [3.8, 4) is 0 Å². The van der Waals surface area contributed by atoms with E-state index in [-0.39, 0.29) is 18.8 Å². The Kier molecular flexibility index (Phi) is 4.39. The summed E-state index contributed by atoms with van der Waals surface area (Å²) >= 11 is 0. The van der Waals surface area contributed by atoms with Crippen LogP contribution in [0.1, 0.15) is 10.4 Å². The number of nitrogens with zero attached hydrogens (tertiary/aromatic N) is 2. The molecule has 1 aliphatic heterocycles. The molecule has 24 heavy (non-hydrogen) atoms. The van der Waals surface area contributed by atoms with Gasteiger partial charge in [0.15, 0.2) is 0 Å². The van der Waals surface area contributed by atoms with E-state index >= 15 is 0 Å². The minimum atomic E-state index is -0.659. The van der Waals surface area contributed by atoms with E-state index in [0.29, 0.717) is 11.3 Å². The number of hydrogen-bond acceptors (Lipinski definition) is 5. The van der Waals surface area contributed by atoms with Crippen molar-refractivity contribution in [2.75, 3.05) is 23.3 Å². The molecule has 2 aromatic rings. The lowest BCUT2D eigenvalue weighted by molar-refractivity contribution is 0.102. The molecule has 1 fully saturated rings. The maximum absolute atomic E-state index is 14.3.